The van der Waals surface area contributed by atoms with Crippen LogP contribution in [-0.4, -0.2) is 16.7 Å². The van der Waals surface area contributed by atoms with E-state index in [4.69, 9.17) is 4.42 Å². The average Bonchev–Trinajstić information content (AvgIpc) is 3.12. The number of nitrogens with one attached hydrogen (secondary N) is 2. The van der Waals surface area contributed by atoms with Gasteiger partial charge in [0.05, 0.1) is 10.4 Å². The summed E-state index contributed by atoms with van der Waals surface area (Å²) in [6, 6.07) is 8.39. The number of hydrogen-bond donors (Lipinski definition) is 2. The van der Waals surface area contributed by atoms with Crippen molar-refractivity contribution >= 4 is 39.8 Å². The predicted molar refractivity (Wildman–Crippen MR) is 83.3 cm³/mol. The van der Waals surface area contributed by atoms with Crippen LogP contribution in [0.1, 0.15) is 22.5 Å². The number of benzene rings is 1. The molecule has 2 N–H and O–H groups in total. The van der Waals surface area contributed by atoms with Gasteiger partial charge in [-0.1, -0.05) is 6.07 Å². The molecule has 0 unspecified atom stereocenters. The third-order valence-electron chi connectivity index (χ3n) is 3.08. The first-order valence-corrected chi connectivity index (χ1v) is 7.49. The molecular formula is C15H12N2O4S. The summed E-state index contributed by atoms with van der Waals surface area (Å²) in [5.41, 5.74) is 1.48. The first kappa shape index (κ1) is 14.3. The smallest absolute Gasteiger partial charge is 0.408 e. The van der Waals surface area contributed by atoms with E-state index in [1.165, 1.54) is 11.3 Å². The summed E-state index contributed by atoms with van der Waals surface area (Å²) in [7, 11) is 0. The van der Waals surface area contributed by atoms with Gasteiger partial charge in [-0.2, -0.15) is 0 Å². The molecule has 2 aromatic heterocycles. The molecule has 0 saturated heterocycles. The van der Waals surface area contributed by atoms with Crippen molar-refractivity contribution in [3.05, 3.63) is 51.1 Å². The maximum Gasteiger partial charge on any atom is 0.417 e. The lowest BCUT2D eigenvalue weighted by molar-refractivity contribution is -0.116. The normalized spacial score (nSPS) is 10.7. The first-order valence-electron chi connectivity index (χ1n) is 6.61. The van der Waals surface area contributed by atoms with Crippen molar-refractivity contribution in [1.29, 1.82) is 0 Å². The monoisotopic (exact) mass is 316 g/mol. The molecule has 7 heteroatoms. The summed E-state index contributed by atoms with van der Waals surface area (Å²) in [6.07, 6.45) is 0.272. The lowest BCUT2D eigenvalue weighted by Crippen LogP contribution is -2.13. The van der Waals surface area contributed by atoms with E-state index in [0.29, 0.717) is 21.7 Å². The second kappa shape index (κ2) is 5.98. The number of carbonyl (C=O) groups excluding carboxylic acids is 2. The number of Topliss-reactive ketones (excluding diaryl/α,β-unsaturated/α-hetero) is 1. The highest BCUT2D eigenvalue weighted by Gasteiger charge is 2.11. The Morgan fingerprint density at radius 2 is 2.09 bits per heavy atom. The number of rotatable bonds is 5. The van der Waals surface area contributed by atoms with E-state index in [1.54, 1.807) is 30.3 Å². The van der Waals surface area contributed by atoms with E-state index >= 15 is 0 Å². The summed E-state index contributed by atoms with van der Waals surface area (Å²) >= 11 is 1.37. The minimum Gasteiger partial charge on any atom is -0.408 e. The summed E-state index contributed by atoms with van der Waals surface area (Å²) in [5.74, 6) is -0.838. The lowest BCUT2D eigenvalue weighted by atomic mass is 10.2. The second-order valence-corrected chi connectivity index (χ2v) is 5.62. The summed E-state index contributed by atoms with van der Waals surface area (Å²) in [5, 5.41) is 4.52. The molecule has 0 atom stereocenters. The Hall–Kier alpha value is -2.67. The van der Waals surface area contributed by atoms with Crippen molar-refractivity contribution in [3.8, 4) is 0 Å². The highest BCUT2D eigenvalue weighted by atomic mass is 32.1. The molecule has 0 aliphatic carbocycles. The standard InChI is InChI=1S/C15H12N2O4S/c18-11(13-2-1-7-22-13)4-6-14(19)16-9-3-5-12-10(8-9)17-15(20)21-12/h1-3,5,7-8H,4,6H2,(H,16,19)(H,17,20). The van der Waals surface area contributed by atoms with Crippen LogP contribution in [0.25, 0.3) is 11.1 Å². The number of thiophene rings is 1. The van der Waals surface area contributed by atoms with Crippen LogP contribution in [0.3, 0.4) is 0 Å². The molecule has 3 aromatic rings. The average molecular weight is 316 g/mol. The van der Waals surface area contributed by atoms with Gasteiger partial charge in [-0.05, 0) is 29.6 Å². The fourth-order valence-electron chi connectivity index (χ4n) is 2.04. The van der Waals surface area contributed by atoms with Gasteiger partial charge in [0.2, 0.25) is 5.91 Å². The molecule has 22 heavy (non-hydrogen) atoms. The van der Waals surface area contributed by atoms with Crippen LogP contribution in [0.2, 0.25) is 0 Å². The van der Waals surface area contributed by atoms with E-state index < -0.39 is 5.76 Å². The lowest BCUT2D eigenvalue weighted by Gasteiger charge is -2.04. The van der Waals surface area contributed by atoms with Crippen molar-refractivity contribution < 1.29 is 14.0 Å². The Kier molecular flexibility index (Phi) is 3.88. The first-order chi connectivity index (χ1) is 10.6. The van der Waals surface area contributed by atoms with Gasteiger partial charge in [-0.3, -0.25) is 14.6 Å². The van der Waals surface area contributed by atoms with Crippen LogP contribution in [0.4, 0.5) is 5.69 Å². The third kappa shape index (κ3) is 3.15. The van der Waals surface area contributed by atoms with Gasteiger partial charge >= 0.3 is 5.76 Å². The molecule has 0 aliphatic heterocycles. The van der Waals surface area contributed by atoms with Crippen molar-refractivity contribution in [2.45, 2.75) is 12.8 Å². The van der Waals surface area contributed by atoms with Gasteiger partial charge in [0.1, 0.15) is 0 Å². The molecule has 0 spiro atoms. The molecule has 112 valence electrons. The van der Waals surface area contributed by atoms with Crippen molar-refractivity contribution in [1.82, 2.24) is 4.98 Å². The maximum absolute atomic E-state index is 11.9. The van der Waals surface area contributed by atoms with E-state index in [2.05, 4.69) is 10.3 Å². The molecule has 0 radical (unpaired) electrons. The van der Waals surface area contributed by atoms with E-state index in [1.807, 2.05) is 5.38 Å². The number of amides is 1. The van der Waals surface area contributed by atoms with Gasteiger partial charge in [0, 0.05) is 18.5 Å². The number of oxazole rings is 1. The van der Waals surface area contributed by atoms with E-state index in [-0.39, 0.29) is 24.5 Å². The quantitative estimate of drug-likeness (QED) is 0.708. The van der Waals surface area contributed by atoms with Crippen LogP contribution in [0.5, 0.6) is 0 Å². The van der Waals surface area contributed by atoms with Crippen LogP contribution in [-0.2, 0) is 4.79 Å². The number of ketones is 1. The topological polar surface area (TPSA) is 92.2 Å². The minimum atomic E-state index is -0.542. The van der Waals surface area contributed by atoms with Crippen molar-refractivity contribution in [3.63, 3.8) is 0 Å². The summed E-state index contributed by atoms with van der Waals surface area (Å²) < 4.78 is 4.88. The van der Waals surface area contributed by atoms with Gasteiger partial charge in [-0.25, -0.2) is 4.79 Å². The Balaban J connectivity index is 1.60. The zero-order valence-electron chi connectivity index (χ0n) is 11.4. The number of anilines is 1. The Labute approximate surface area is 128 Å². The molecule has 0 saturated carbocycles. The molecule has 0 fully saturated rings. The van der Waals surface area contributed by atoms with Crippen molar-refractivity contribution in [2.75, 3.05) is 5.32 Å². The molecule has 6 nitrogen and oxygen atoms in total. The van der Waals surface area contributed by atoms with Gasteiger partial charge < -0.3 is 9.73 Å². The van der Waals surface area contributed by atoms with Gasteiger partial charge in [0.25, 0.3) is 0 Å². The number of carbonyl (C=O) groups is 2. The summed E-state index contributed by atoms with van der Waals surface area (Å²) in [4.78, 5) is 37.9. The van der Waals surface area contributed by atoms with Crippen LogP contribution in [0, 0.1) is 0 Å². The summed E-state index contributed by atoms with van der Waals surface area (Å²) in [6.45, 7) is 0. The number of aromatic amines is 1. The molecule has 2 heterocycles. The fourth-order valence-corrected chi connectivity index (χ4v) is 2.74. The number of H-pyrrole nitrogens is 1. The number of hydrogen-bond acceptors (Lipinski definition) is 5. The molecule has 0 bridgehead atoms. The second-order valence-electron chi connectivity index (χ2n) is 4.67. The maximum atomic E-state index is 11.9. The van der Waals surface area contributed by atoms with Crippen LogP contribution < -0.4 is 11.1 Å². The predicted octanol–water partition coefficient (Wildman–Crippen LogP) is 2.78. The Bertz CT molecular complexity index is 876. The van der Waals surface area contributed by atoms with Gasteiger partial charge in [-0.15, -0.1) is 11.3 Å². The molecule has 3 rings (SSSR count). The highest BCUT2D eigenvalue weighted by Crippen LogP contribution is 2.17. The number of aromatic nitrogens is 1. The number of fused-ring (bicyclic) bond motifs is 1. The molecule has 0 aliphatic rings. The Morgan fingerprint density at radius 1 is 1.23 bits per heavy atom. The fraction of sp³-hybridized carbons (Fsp3) is 0.133. The van der Waals surface area contributed by atoms with E-state index in [0.717, 1.165) is 0 Å². The zero-order valence-corrected chi connectivity index (χ0v) is 12.2. The largest absolute Gasteiger partial charge is 0.417 e. The molecule has 1 amide bonds. The highest BCUT2D eigenvalue weighted by molar-refractivity contribution is 7.12. The van der Waals surface area contributed by atoms with E-state index in [9.17, 15) is 14.4 Å². The zero-order chi connectivity index (χ0) is 15.5. The third-order valence-corrected chi connectivity index (χ3v) is 3.99. The molecular weight excluding hydrogens is 304 g/mol. The Morgan fingerprint density at radius 3 is 2.86 bits per heavy atom. The van der Waals surface area contributed by atoms with Crippen LogP contribution in [0.15, 0.2) is 44.9 Å². The van der Waals surface area contributed by atoms with Gasteiger partial charge in [0.15, 0.2) is 11.4 Å². The SMILES string of the molecule is O=C(CCC(=O)c1cccs1)Nc1ccc2oc(=O)[nH]c2c1. The van der Waals surface area contributed by atoms with Crippen molar-refractivity contribution in [2.24, 2.45) is 0 Å². The minimum absolute atomic E-state index is 0.0419. The van der Waals surface area contributed by atoms with Crippen LogP contribution >= 0.6 is 11.3 Å². The molecule has 1 aromatic carbocycles.